The second-order valence-electron chi connectivity index (χ2n) is 1.26. The van der Waals surface area contributed by atoms with Crippen LogP contribution >= 0.6 is 12.6 Å². The molecule has 0 amide bonds. The number of ether oxygens (including phenoxy) is 1. The Hall–Kier alpha value is 0.01000. The largest absolute Gasteiger partial charge is 0.393 e. The Balaban J connectivity index is 2.97. The first kappa shape index (κ1) is 8.01. The summed E-state index contributed by atoms with van der Waals surface area (Å²) in [5.74, 6) is 0. The number of thiol groups is 1. The van der Waals surface area contributed by atoms with Crippen LogP contribution in [-0.4, -0.2) is 23.8 Å². The predicted octanol–water partition coefficient (Wildman–Crippen LogP) is 0.437. The van der Waals surface area contributed by atoms with Crippen molar-refractivity contribution in [1.29, 1.82) is 0 Å². The van der Waals surface area contributed by atoms with Gasteiger partial charge in [-0.15, -0.1) is 19.2 Å². The van der Waals surface area contributed by atoms with Crippen LogP contribution in [0, 0.1) is 0 Å². The summed E-state index contributed by atoms with van der Waals surface area (Å²) in [5.41, 5.74) is -0.368. The summed E-state index contributed by atoms with van der Waals surface area (Å²) in [6, 6.07) is 0. The Morgan fingerprint density at radius 2 is 2.50 bits per heavy atom. The molecule has 0 radical (unpaired) electrons. The van der Waals surface area contributed by atoms with Gasteiger partial charge in [-0.25, -0.2) is 0 Å². The molecule has 0 aromatic carbocycles. The third-order valence-electron chi connectivity index (χ3n) is 0.563. The van der Waals surface area contributed by atoms with E-state index in [0.717, 1.165) is 0 Å². The summed E-state index contributed by atoms with van der Waals surface area (Å²) in [4.78, 5) is 0. The molecule has 48 valence electrons. The van der Waals surface area contributed by atoms with Gasteiger partial charge in [0.05, 0.1) is 13.2 Å². The molecule has 0 aliphatic carbocycles. The number of aliphatic hydroxyl groups excluding tert-OH is 1. The van der Waals surface area contributed by atoms with Crippen LogP contribution in [0.1, 0.15) is 0 Å². The molecule has 0 saturated heterocycles. The molecule has 1 unspecified atom stereocenters. The zero-order valence-electron chi connectivity index (χ0n) is 4.58. The van der Waals surface area contributed by atoms with E-state index >= 15 is 0 Å². The Morgan fingerprint density at radius 1 is 1.88 bits per heavy atom. The summed E-state index contributed by atoms with van der Waals surface area (Å²) < 4.78 is 4.84. The molecule has 1 N–H and O–H groups in total. The molecule has 0 aliphatic heterocycles. The molecule has 0 spiro atoms. The first-order chi connectivity index (χ1) is 3.81. The van der Waals surface area contributed by atoms with Gasteiger partial charge >= 0.3 is 0 Å². The Morgan fingerprint density at radius 3 is 2.88 bits per heavy atom. The monoisotopic (exact) mass is 134 g/mol. The smallest absolute Gasteiger partial charge is 0.123 e. The fraction of sp³-hybridized carbons (Fsp3) is 0.600. The van der Waals surface area contributed by atoms with Crippen molar-refractivity contribution >= 4 is 12.6 Å². The van der Waals surface area contributed by atoms with Crippen LogP contribution in [0.15, 0.2) is 12.7 Å². The molecule has 3 heteroatoms. The molecule has 2 nitrogen and oxygen atoms in total. The minimum atomic E-state index is -0.368. The van der Waals surface area contributed by atoms with Crippen molar-refractivity contribution in [3.8, 4) is 0 Å². The highest BCUT2D eigenvalue weighted by Crippen LogP contribution is 1.93. The lowest BCUT2D eigenvalue weighted by molar-refractivity contribution is 0.0885. The Labute approximate surface area is 54.6 Å². The second-order valence-corrected chi connectivity index (χ2v) is 1.84. The van der Waals surface area contributed by atoms with Crippen molar-refractivity contribution in [1.82, 2.24) is 0 Å². The summed E-state index contributed by atoms with van der Waals surface area (Å²) in [7, 11) is 0. The minimum Gasteiger partial charge on any atom is -0.393 e. The molecular formula is C5H10O2S. The van der Waals surface area contributed by atoms with Crippen molar-refractivity contribution in [2.75, 3.05) is 13.2 Å². The van der Waals surface area contributed by atoms with Crippen molar-refractivity contribution in [2.24, 2.45) is 0 Å². The van der Waals surface area contributed by atoms with Crippen LogP contribution in [-0.2, 0) is 4.74 Å². The zero-order chi connectivity index (χ0) is 6.41. The molecule has 0 heterocycles. The summed E-state index contributed by atoms with van der Waals surface area (Å²) in [6.45, 7) is 3.81. The highest BCUT2D eigenvalue weighted by atomic mass is 32.1. The van der Waals surface area contributed by atoms with E-state index in [2.05, 4.69) is 19.2 Å². The zero-order valence-corrected chi connectivity index (χ0v) is 5.47. The van der Waals surface area contributed by atoms with E-state index < -0.39 is 0 Å². The lowest BCUT2D eigenvalue weighted by Crippen LogP contribution is -2.09. The van der Waals surface area contributed by atoms with E-state index in [1.165, 1.54) is 0 Å². The van der Waals surface area contributed by atoms with Crippen LogP contribution in [0.25, 0.3) is 0 Å². The van der Waals surface area contributed by atoms with Crippen LogP contribution in [0.3, 0.4) is 0 Å². The molecule has 0 saturated carbocycles. The van der Waals surface area contributed by atoms with Gasteiger partial charge in [0.1, 0.15) is 5.44 Å². The standard InChI is InChI=1S/C5H10O2S/c1-2-3-7-5(8)4-6/h2,5-6,8H,1,3-4H2. The van der Waals surface area contributed by atoms with Gasteiger partial charge in [0.25, 0.3) is 0 Å². The first-order valence-electron chi connectivity index (χ1n) is 2.32. The predicted molar refractivity (Wildman–Crippen MR) is 36.0 cm³/mol. The maximum Gasteiger partial charge on any atom is 0.123 e. The fourth-order valence-electron chi connectivity index (χ4n) is 0.232. The Kier molecular flexibility index (Phi) is 5.16. The molecule has 0 aromatic heterocycles. The van der Waals surface area contributed by atoms with Crippen molar-refractivity contribution in [2.45, 2.75) is 5.44 Å². The van der Waals surface area contributed by atoms with Gasteiger partial charge in [-0.05, 0) is 0 Å². The van der Waals surface area contributed by atoms with Gasteiger partial charge in [-0.2, -0.15) is 0 Å². The molecule has 0 fully saturated rings. The van der Waals surface area contributed by atoms with E-state index in [4.69, 9.17) is 9.84 Å². The summed E-state index contributed by atoms with van der Waals surface area (Å²) in [5, 5.41) is 8.33. The maximum absolute atomic E-state index is 8.33. The van der Waals surface area contributed by atoms with Crippen molar-refractivity contribution < 1.29 is 9.84 Å². The quantitative estimate of drug-likeness (QED) is 0.332. The SMILES string of the molecule is C=CCOC(S)CO. The van der Waals surface area contributed by atoms with E-state index in [0.29, 0.717) is 6.61 Å². The lowest BCUT2D eigenvalue weighted by atomic mass is 10.7. The molecule has 8 heavy (non-hydrogen) atoms. The van der Waals surface area contributed by atoms with E-state index in [1.54, 1.807) is 6.08 Å². The Bertz CT molecular complexity index is 65.4. The van der Waals surface area contributed by atoms with Crippen LogP contribution < -0.4 is 0 Å². The van der Waals surface area contributed by atoms with Gasteiger partial charge < -0.3 is 9.84 Å². The summed E-state index contributed by atoms with van der Waals surface area (Å²) in [6.07, 6.45) is 1.61. The average Bonchev–Trinajstić information content (AvgIpc) is 1.83. The highest BCUT2D eigenvalue weighted by Gasteiger charge is 1.95. The van der Waals surface area contributed by atoms with Gasteiger partial charge in [0.2, 0.25) is 0 Å². The lowest BCUT2D eigenvalue weighted by Gasteiger charge is -2.04. The van der Waals surface area contributed by atoms with E-state index in [-0.39, 0.29) is 12.0 Å². The average molecular weight is 134 g/mol. The second kappa shape index (κ2) is 5.15. The van der Waals surface area contributed by atoms with Crippen LogP contribution in [0.5, 0.6) is 0 Å². The molecule has 0 aliphatic rings. The number of hydrogen-bond donors (Lipinski definition) is 2. The van der Waals surface area contributed by atoms with Gasteiger partial charge in [0, 0.05) is 0 Å². The van der Waals surface area contributed by atoms with Gasteiger partial charge in [0.15, 0.2) is 0 Å². The fourth-order valence-corrected chi connectivity index (χ4v) is 0.318. The minimum absolute atomic E-state index is 0.0586. The normalized spacial score (nSPS) is 13.2. The highest BCUT2D eigenvalue weighted by molar-refractivity contribution is 7.80. The molecular weight excluding hydrogens is 124 g/mol. The molecule has 0 rings (SSSR count). The number of aliphatic hydroxyl groups is 1. The number of rotatable bonds is 4. The summed E-state index contributed by atoms with van der Waals surface area (Å²) >= 11 is 3.84. The molecule has 1 atom stereocenters. The van der Waals surface area contributed by atoms with Crippen molar-refractivity contribution in [3.63, 3.8) is 0 Å². The van der Waals surface area contributed by atoms with Crippen LogP contribution in [0.2, 0.25) is 0 Å². The van der Waals surface area contributed by atoms with E-state index in [9.17, 15) is 0 Å². The third-order valence-corrected chi connectivity index (χ3v) is 0.875. The van der Waals surface area contributed by atoms with E-state index in [1.807, 2.05) is 0 Å². The molecule has 0 aromatic rings. The van der Waals surface area contributed by atoms with Crippen molar-refractivity contribution in [3.05, 3.63) is 12.7 Å². The number of hydrogen-bond acceptors (Lipinski definition) is 3. The first-order valence-corrected chi connectivity index (χ1v) is 2.84. The van der Waals surface area contributed by atoms with Crippen LogP contribution in [0.4, 0.5) is 0 Å². The third kappa shape index (κ3) is 4.18. The topological polar surface area (TPSA) is 29.5 Å². The maximum atomic E-state index is 8.33. The van der Waals surface area contributed by atoms with Gasteiger partial charge in [-0.3, -0.25) is 0 Å². The van der Waals surface area contributed by atoms with Gasteiger partial charge in [-0.1, -0.05) is 6.08 Å². The molecule has 0 bridgehead atoms.